The minimum absolute atomic E-state index is 0.409. The Morgan fingerprint density at radius 3 is 2.88 bits per heavy atom. The van der Waals surface area contributed by atoms with Crippen LogP contribution in [0.5, 0.6) is 0 Å². The third kappa shape index (κ3) is 2.44. The van der Waals surface area contributed by atoms with Crippen molar-refractivity contribution in [2.24, 2.45) is 0 Å². The number of nitrogens with zero attached hydrogens (tertiary/aromatic N) is 2. The van der Waals surface area contributed by atoms with Crippen molar-refractivity contribution in [1.82, 2.24) is 4.98 Å². The summed E-state index contributed by atoms with van der Waals surface area (Å²) < 4.78 is 5.62. The largest absolute Gasteiger partial charge is 0.396 e. The van der Waals surface area contributed by atoms with Gasteiger partial charge in [0, 0.05) is 25.9 Å². The molecule has 1 aliphatic heterocycles. The lowest BCUT2D eigenvalue weighted by atomic mass is 10.1. The topological polar surface area (TPSA) is 51.4 Å². The number of rotatable bonds is 3. The second-order valence-electron chi connectivity index (χ2n) is 4.06. The van der Waals surface area contributed by atoms with Gasteiger partial charge in [-0.2, -0.15) is 0 Å². The van der Waals surface area contributed by atoms with E-state index in [4.69, 9.17) is 10.5 Å². The Balaban J connectivity index is 1.96. The van der Waals surface area contributed by atoms with Gasteiger partial charge in [0.25, 0.3) is 0 Å². The van der Waals surface area contributed by atoms with E-state index in [-0.39, 0.29) is 0 Å². The quantitative estimate of drug-likeness (QED) is 0.843. The Kier molecular flexibility index (Phi) is 3.62. The lowest BCUT2D eigenvalue weighted by molar-refractivity contribution is 0.0458. The summed E-state index contributed by atoms with van der Waals surface area (Å²) in [5, 5.41) is 0. The lowest BCUT2D eigenvalue weighted by Gasteiger charge is -2.33. The highest BCUT2D eigenvalue weighted by Gasteiger charge is 2.21. The zero-order chi connectivity index (χ0) is 11.4. The highest BCUT2D eigenvalue weighted by Crippen LogP contribution is 2.23. The molecule has 16 heavy (non-hydrogen) atoms. The van der Waals surface area contributed by atoms with Crippen molar-refractivity contribution < 1.29 is 4.74 Å². The number of nitrogen functional groups attached to an aromatic ring is 1. The Hall–Kier alpha value is -1.29. The average molecular weight is 221 g/mol. The molecule has 2 rings (SSSR count). The normalized spacial score (nSPS) is 17.7. The number of aromatic nitrogens is 1. The number of anilines is 2. The molecule has 2 heterocycles. The van der Waals surface area contributed by atoms with E-state index in [1.807, 2.05) is 19.1 Å². The van der Waals surface area contributed by atoms with E-state index in [9.17, 15) is 0 Å². The zero-order valence-corrected chi connectivity index (χ0v) is 9.72. The summed E-state index contributed by atoms with van der Waals surface area (Å²) >= 11 is 0. The first-order valence-electron chi connectivity index (χ1n) is 5.88. The number of pyridine rings is 1. The zero-order valence-electron chi connectivity index (χ0n) is 9.72. The van der Waals surface area contributed by atoms with Gasteiger partial charge in [0.1, 0.15) is 0 Å². The van der Waals surface area contributed by atoms with Crippen molar-refractivity contribution in [3.63, 3.8) is 0 Å². The van der Waals surface area contributed by atoms with Crippen LogP contribution in [0.2, 0.25) is 0 Å². The van der Waals surface area contributed by atoms with Gasteiger partial charge in [-0.25, -0.2) is 4.98 Å². The molecule has 0 radical (unpaired) electrons. The third-order valence-electron chi connectivity index (χ3n) is 2.96. The fourth-order valence-electron chi connectivity index (χ4n) is 2.14. The maximum Gasteiger partial charge on any atom is 0.151 e. The molecule has 1 aromatic heterocycles. The molecule has 4 heteroatoms. The smallest absolute Gasteiger partial charge is 0.151 e. The van der Waals surface area contributed by atoms with E-state index in [0.717, 1.165) is 44.0 Å². The van der Waals surface area contributed by atoms with Gasteiger partial charge in [-0.15, -0.1) is 0 Å². The van der Waals surface area contributed by atoms with Gasteiger partial charge in [-0.1, -0.05) is 0 Å². The summed E-state index contributed by atoms with van der Waals surface area (Å²) in [5.41, 5.74) is 6.67. The second-order valence-corrected chi connectivity index (χ2v) is 4.06. The van der Waals surface area contributed by atoms with Crippen molar-refractivity contribution in [2.75, 3.05) is 30.3 Å². The molecule has 0 unspecified atom stereocenters. The van der Waals surface area contributed by atoms with Crippen LogP contribution in [0, 0.1) is 0 Å². The van der Waals surface area contributed by atoms with Gasteiger partial charge in [0.05, 0.1) is 11.8 Å². The minimum atomic E-state index is 0.409. The van der Waals surface area contributed by atoms with E-state index < -0.39 is 0 Å². The van der Waals surface area contributed by atoms with E-state index in [0.29, 0.717) is 6.10 Å². The lowest BCUT2D eigenvalue weighted by Crippen LogP contribution is -2.37. The van der Waals surface area contributed by atoms with E-state index in [1.165, 1.54) is 0 Å². The van der Waals surface area contributed by atoms with Crippen LogP contribution in [0.25, 0.3) is 0 Å². The third-order valence-corrected chi connectivity index (χ3v) is 2.96. The van der Waals surface area contributed by atoms with Crippen molar-refractivity contribution in [3.8, 4) is 0 Å². The first-order chi connectivity index (χ1) is 7.81. The van der Waals surface area contributed by atoms with Crippen molar-refractivity contribution in [3.05, 3.63) is 18.3 Å². The molecule has 0 spiro atoms. The van der Waals surface area contributed by atoms with E-state index in [1.54, 1.807) is 6.20 Å². The Morgan fingerprint density at radius 1 is 1.50 bits per heavy atom. The van der Waals surface area contributed by atoms with Crippen molar-refractivity contribution in [1.29, 1.82) is 0 Å². The van der Waals surface area contributed by atoms with Crippen LogP contribution in [-0.2, 0) is 4.74 Å². The Morgan fingerprint density at radius 2 is 2.25 bits per heavy atom. The van der Waals surface area contributed by atoms with Crippen LogP contribution >= 0.6 is 0 Å². The number of hydrogen-bond donors (Lipinski definition) is 1. The molecule has 0 atom stereocenters. The molecule has 88 valence electrons. The number of hydrogen-bond acceptors (Lipinski definition) is 4. The van der Waals surface area contributed by atoms with Crippen LogP contribution in [0.4, 0.5) is 11.5 Å². The molecule has 1 fully saturated rings. The summed E-state index contributed by atoms with van der Waals surface area (Å²) in [4.78, 5) is 6.57. The maximum absolute atomic E-state index is 5.91. The summed E-state index contributed by atoms with van der Waals surface area (Å²) in [6.07, 6.45) is 4.32. The van der Waals surface area contributed by atoms with Gasteiger partial charge in [-0.05, 0) is 31.9 Å². The second kappa shape index (κ2) is 5.16. The van der Waals surface area contributed by atoms with Crippen molar-refractivity contribution >= 4 is 11.5 Å². The predicted octanol–water partition coefficient (Wildman–Crippen LogP) is 1.67. The summed E-state index contributed by atoms with van der Waals surface area (Å²) in [6, 6.07) is 3.77. The molecule has 0 amide bonds. The molecule has 0 aromatic carbocycles. The highest BCUT2D eigenvalue weighted by atomic mass is 16.5. The summed E-state index contributed by atoms with van der Waals surface area (Å²) in [5.74, 6) is 0.914. The van der Waals surface area contributed by atoms with E-state index in [2.05, 4.69) is 9.88 Å². The van der Waals surface area contributed by atoms with Crippen LogP contribution in [0.15, 0.2) is 18.3 Å². The van der Waals surface area contributed by atoms with Gasteiger partial charge >= 0.3 is 0 Å². The predicted molar refractivity (Wildman–Crippen MR) is 65.5 cm³/mol. The Bertz CT molecular complexity index is 335. The SMILES string of the molecule is CCOC1CCN(c2ncccc2N)CC1. The maximum atomic E-state index is 5.91. The Labute approximate surface area is 96.4 Å². The number of piperidine rings is 1. The van der Waals surface area contributed by atoms with Gasteiger partial charge in [-0.3, -0.25) is 0 Å². The molecule has 0 saturated carbocycles. The minimum Gasteiger partial charge on any atom is -0.396 e. The van der Waals surface area contributed by atoms with Crippen LogP contribution in [0.1, 0.15) is 19.8 Å². The number of ether oxygens (including phenoxy) is 1. The van der Waals surface area contributed by atoms with Crippen LogP contribution in [0.3, 0.4) is 0 Å². The first kappa shape index (κ1) is 11.2. The van der Waals surface area contributed by atoms with E-state index >= 15 is 0 Å². The fraction of sp³-hybridized carbons (Fsp3) is 0.583. The molecule has 0 bridgehead atoms. The number of nitrogens with two attached hydrogens (primary N) is 1. The van der Waals surface area contributed by atoms with Gasteiger partial charge < -0.3 is 15.4 Å². The standard InChI is InChI=1S/C12H19N3O/c1-2-16-10-5-8-15(9-6-10)12-11(13)4-3-7-14-12/h3-4,7,10H,2,5-6,8-9,13H2,1H3. The van der Waals surface area contributed by atoms with Crippen LogP contribution < -0.4 is 10.6 Å². The fourth-order valence-corrected chi connectivity index (χ4v) is 2.14. The highest BCUT2D eigenvalue weighted by molar-refractivity contribution is 5.62. The molecule has 2 N–H and O–H groups in total. The molecule has 1 saturated heterocycles. The van der Waals surface area contributed by atoms with Gasteiger partial charge in [0.15, 0.2) is 5.82 Å². The molecule has 1 aliphatic rings. The summed E-state index contributed by atoms with van der Waals surface area (Å²) in [6.45, 7) is 4.80. The van der Waals surface area contributed by atoms with Gasteiger partial charge in [0.2, 0.25) is 0 Å². The average Bonchev–Trinajstić information content (AvgIpc) is 2.31. The molecule has 4 nitrogen and oxygen atoms in total. The molecular weight excluding hydrogens is 202 g/mol. The van der Waals surface area contributed by atoms with Crippen LogP contribution in [-0.4, -0.2) is 30.8 Å². The monoisotopic (exact) mass is 221 g/mol. The van der Waals surface area contributed by atoms with Crippen molar-refractivity contribution in [2.45, 2.75) is 25.9 Å². The first-order valence-corrected chi connectivity index (χ1v) is 5.88. The molecular formula is C12H19N3O. The molecule has 0 aliphatic carbocycles. The molecule has 1 aromatic rings. The summed E-state index contributed by atoms with van der Waals surface area (Å²) in [7, 11) is 0.